The van der Waals surface area contributed by atoms with Gasteiger partial charge in [-0.25, -0.2) is 0 Å². The Bertz CT molecular complexity index is 614. The fourth-order valence-corrected chi connectivity index (χ4v) is 2.70. The van der Waals surface area contributed by atoms with E-state index in [4.69, 9.17) is 11.6 Å². The molecule has 0 aliphatic rings. The van der Waals surface area contributed by atoms with Gasteiger partial charge in [-0.15, -0.1) is 13.2 Å². The zero-order valence-corrected chi connectivity index (χ0v) is 12.4. The molecule has 2 aromatic carbocycles. The number of alkyl halides is 4. The molecule has 0 aromatic heterocycles. The lowest BCUT2D eigenvalue weighted by Crippen LogP contribution is -2.17. The summed E-state index contributed by atoms with van der Waals surface area (Å²) >= 11 is 9.55. The number of hydrogen-bond acceptors (Lipinski definition) is 1. The Kier molecular flexibility index (Phi) is 4.60. The van der Waals surface area contributed by atoms with Crippen molar-refractivity contribution < 1.29 is 17.9 Å². The van der Waals surface area contributed by atoms with Crippen molar-refractivity contribution in [2.24, 2.45) is 0 Å². The SMILES string of the molecule is FC(F)(F)Oc1cccc(-c2cccc(CBr)c2Cl)c1. The monoisotopic (exact) mass is 364 g/mol. The summed E-state index contributed by atoms with van der Waals surface area (Å²) in [5, 5.41) is 1.08. The highest BCUT2D eigenvalue weighted by Gasteiger charge is 2.31. The van der Waals surface area contributed by atoms with Gasteiger partial charge in [-0.3, -0.25) is 0 Å². The number of halogens is 5. The Balaban J connectivity index is 2.41. The first kappa shape index (κ1) is 15.2. The maximum atomic E-state index is 12.2. The van der Waals surface area contributed by atoms with E-state index in [2.05, 4.69) is 20.7 Å². The summed E-state index contributed by atoms with van der Waals surface area (Å²) in [4.78, 5) is 0. The molecule has 2 aromatic rings. The van der Waals surface area contributed by atoms with E-state index >= 15 is 0 Å². The van der Waals surface area contributed by atoms with Gasteiger partial charge in [0.05, 0.1) is 5.02 Å². The Labute approximate surface area is 127 Å². The molecule has 0 unspecified atom stereocenters. The van der Waals surface area contributed by atoms with Gasteiger partial charge in [0.1, 0.15) is 5.75 Å². The van der Waals surface area contributed by atoms with Crippen LogP contribution in [0.15, 0.2) is 42.5 Å². The summed E-state index contributed by atoms with van der Waals surface area (Å²) in [5.41, 5.74) is 2.10. The Morgan fingerprint density at radius 2 is 1.80 bits per heavy atom. The van der Waals surface area contributed by atoms with Crippen LogP contribution in [0.4, 0.5) is 13.2 Å². The van der Waals surface area contributed by atoms with Crippen molar-refractivity contribution >= 4 is 27.5 Å². The third-order valence-corrected chi connectivity index (χ3v) is 3.65. The summed E-state index contributed by atoms with van der Waals surface area (Å²) in [6.45, 7) is 0. The van der Waals surface area contributed by atoms with E-state index in [0.29, 0.717) is 21.5 Å². The van der Waals surface area contributed by atoms with Gasteiger partial charge in [-0.1, -0.05) is 57.9 Å². The summed E-state index contributed by atoms with van der Waals surface area (Å²) in [6.07, 6.45) is -4.71. The molecule has 2 rings (SSSR count). The molecule has 0 amide bonds. The van der Waals surface area contributed by atoms with E-state index in [1.54, 1.807) is 18.2 Å². The van der Waals surface area contributed by atoms with E-state index in [9.17, 15) is 13.2 Å². The smallest absolute Gasteiger partial charge is 0.406 e. The third kappa shape index (κ3) is 3.67. The molecular weight excluding hydrogens is 357 g/mol. The number of rotatable bonds is 3. The van der Waals surface area contributed by atoms with E-state index in [1.807, 2.05) is 6.07 Å². The average molecular weight is 366 g/mol. The molecule has 1 nitrogen and oxygen atoms in total. The van der Waals surface area contributed by atoms with Crippen molar-refractivity contribution in [2.75, 3.05) is 0 Å². The van der Waals surface area contributed by atoms with Crippen LogP contribution in [-0.2, 0) is 5.33 Å². The average Bonchev–Trinajstić information content (AvgIpc) is 2.37. The highest BCUT2D eigenvalue weighted by atomic mass is 79.9. The molecule has 0 radical (unpaired) electrons. The first-order valence-electron chi connectivity index (χ1n) is 5.60. The first-order valence-corrected chi connectivity index (χ1v) is 7.10. The zero-order chi connectivity index (χ0) is 14.8. The molecule has 0 saturated heterocycles. The van der Waals surface area contributed by atoms with Crippen LogP contribution in [0.1, 0.15) is 5.56 Å². The predicted octanol–water partition coefficient (Wildman–Crippen LogP) is 5.80. The van der Waals surface area contributed by atoms with E-state index in [1.165, 1.54) is 18.2 Å². The van der Waals surface area contributed by atoms with Gasteiger partial charge in [-0.05, 0) is 23.3 Å². The van der Waals surface area contributed by atoms with Gasteiger partial charge in [0, 0.05) is 10.9 Å². The number of hydrogen-bond donors (Lipinski definition) is 0. The molecule has 0 atom stereocenters. The maximum Gasteiger partial charge on any atom is 0.573 e. The molecule has 0 N–H and O–H groups in total. The van der Waals surface area contributed by atoms with Crippen LogP contribution in [-0.4, -0.2) is 6.36 Å². The van der Waals surface area contributed by atoms with Gasteiger partial charge in [0.15, 0.2) is 0 Å². The van der Waals surface area contributed by atoms with Crippen molar-refractivity contribution in [1.82, 2.24) is 0 Å². The molecule has 0 aliphatic carbocycles. The molecule has 0 heterocycles. The lowest BCUT2D eigenvalue weighted by Gasteiger charge is -2.12. The second-order valence-corrected chi connectivity index (χ2v) is 4.93. The van der Waals surface area contributed by atoms with E-state index < -0.39 is 6.36 Å². The van der Waals surface area contributed by atoms with Crippen LogP contribution in [0.25, 0.3) is 11.1 Å². The minimum Gasteiger partial charge on any atom is -0.406 e. The van der Waals surface area contributed by atoms with Crippen LogP contribution < -0.4 is 4.74 Å². The first-order chi connectivity index (χ1) is 9.40. The van der Waals surface area contributed by atoms with Gasteiger partial charge >= 0.3 is 6.36 Å². The molecule has 0 aliphatic heterocycles. The van der Waals surface area contributed by atoms with Gasteiger partial charge < -0.3 is 4.74 Å². The topological polar surface area (TPSA) is 9.23 Å². The Morgan fingerprint density at radius 3 is 2.45 bits per heavy atom. The summed E-state index contributed by atoms with van der Waals surface area (Å²) in [7, 11) is 0. The minimum atomic E-state index is -4.71. The summed E-state index contributed by atoms with van der Waals surface area (Å²) < 4.78 is 40.6. The second-order valence-electron chi connectivity index (χ2n) is 3.99. The molecule has 0 fully saturated rings. The Morgan fingerprint density at radius 1 is 1.10 bits per heavy atom. The molecule has 0 bridgehead atoms. The second kappa shape index (κ2) is 6.06. The van der Waals surface area contributed by atoms with Crippen LogP contribution in [0.3, 0.4) is 0 Å². The van der Waals surface area contributed by atoms with Crippen molar-refractivity contribution in [2.45, 2.75) is 11.7 Å². The van der Waals surface area contributed by atoms with E-state index in [0.717, 1.165) is 5.56 Å². The zero-order valence-electron chi connectivity index (χ0n) is 10.0. The van der Waals surface area contributed by atoms with Crippen molar-refractivity contribution in [3.05, 3.63) is 53.1 Å². The minimum absolute atomic E-state index is 0.268. The maximum absolute atomic E-state index is 12.2. The third-order valence-electron chi connectivity index (χ3n) is 2.60. The van der Waals surface area contributed by atoms with Crippen LogP contribution >= 0.6 is 27.5 Å². The molecular formula is C14H9BrClF3O. The highest BCUT2D eigenvalue weighted by Crippen LogP contribution is 2.34. The van der Waals surface area contributed by atoms with Crippen LogP contribution in [0, 0.1) is 0 Å². The predicted molar refractivity (Wildman–Crippen MR) is 76.2 cm³/mol. The van der Waals surface area contributed by atoms with E-state index in [-0.39, 0.29) is 5.75 Å². The van der Waals surface area contributed by atoms with Crippen LogP contribution in [0.2, 0.25) is 5.02 Å². The lowest BCUT2D eigenvalue weighted by atomic mass is 10.0. The molecule has 0 saturated carbocycles. The van der Waals surface area contributed by atoms with Crippen molar-refractivity contribution in [3.8, 4) is 16.9 Å². The van der Waals surface area contributed by atoms with Gasteiger partial charge in [0.25, 0.3) is 0 Å². The van der Waals surface area contributed by atoms with Crippen molar-refractivity contribution in [3.63, 3.8) is 0 Å². The molecule has 6 heteroatoms. The molecule has 0 spiro atoms. The number of benzene rings is 2. The fraction of sp³-hybridized carbons (Fsp3) is 0.143. The normalized spacial score (nSPS) is 11.4. The van der Waals surface area contributed by atoms with Crippen LogP contribution in [0.5, 0.6) is 5.75 Å². The van der Waals surface area contributed by atoms with Gasteiger partial charge in [-0.2, -0.15) is 0 Å². The standard InChI is InChI=1S/C14H9BrClF3O/c15-8-10-4-2-6-12(13(10)16)9-3-1-5-11(7-9)20-14(17,18)19/h1-7H,8H2. The largest absolute Gasteiger partial charge is 0.573 e. The quantitative estimate of drug-likeness (QED) is 0.625. The summed E-state index contributed by atoms with van der Waals surface area (Å²) in [5.74, 6) is -0.268. The Hall–Kier alpha value is -1.20. The molecule has 20 heavy (non-hydrogen) atoms. The van der Waals surface area contributed by atoms with Crippen molar-refractivity contribution in [1.29, 1.82) is 0 Å². The molecule has 106 valence electrons. The summed E-state index contributed by atoms with van der Waals surface area (Å²) in [6, 6.07) is 11.1. The lowest BCUT2D eigenvalue weighted by molar-refractivity contribution is -0.274. The van der Waals surface area contributed by atoms with Gasteiger partial charge in [0.2, 0.25) is 0 Å². The highest BCUT2D eigenvalue weighted by molar-refractivity contribution is 9.08. The number of ether oxygens (including phenoxy) is 1. The fourth-order valence-electron chi connectivity index (χ4n) is 1.77.